The largest absolute Gasteiger partial charge is 0.478 e. The highest BCUT2D eigenvalue weighted by Gasteiger charge is 2.32. The Morgan fingerprint density at radius 1 is 1.10 bits per heavy atom. The molecule has 11 heteroatoms. The highest BCUT2D eigenvalue weighted by atomic mass is 19.4. The van der Waals surface area contributed by atoms with Crippen molar-refractivity contribution in [3.63, 3.8) is 0 Å². The first-order valence-corrected chi connectivity index (χ1v) is 8.17. The number of nitrogens with zero attached hydrogens (tertiary/aromatic N) is 5. The Morgan fingerprint density at radius 3 is 2.69 bits per heavy atom. The Hall–Kier alpha value is -4.02. The van der Waals surface area contributed by atoms with Crippen molar-refractivity contribution >= 4 is 23.0 Å². The fraction of sp³-hybridized carbons (Fsp3) is 0.0556. The normalized spacial score (nSPS) is 11.6. The molecule has 4 rings (SSSR count). The van der Waals surface area contributed by atoms with E-state index in [4.69, 9.17) is 0 Å². The lowest BCUT2D eigenvalue weighted by atomic mass is 10.2. The van der Waals surface area contributed by atoms with Crippen molar-refractivity contribution in [1.82, 2.24) is 24.6 Å². The summed E-state index contributed by atoms with van der Waals surface area (Å²) in [4.78, 5) is 23.1. The Labute approximate surface area is 160 Å². The Morgan fingerprint density at radius 2 is 1.93 bits per heavy atom. The van der Waals surface area contributed by atoms with Gasteiger partial charge in [-0.3, -0.25) is 4.98 Å². The van der Waals surface area contributed by atoms with Crippen LogP contribution in [0, 0.1) is 0 Å². The van der Waals surface area contributed by atoms with E-state index in [1.54, 1.807) is 18.3 Å². The van der Waals surface area contributed by atoms with Gasteiger partial charge in [-0.25, -0.2) is 19.3 Å². The third-order valence-corrected chi connectivity index (χ3v) is 3.96. The molecule has 0 saturated heterocycles. The fourth-order valence-electron chi connectivity index (χ4n) is 2.65. The van der Waals surface area contributed by atoms with Gasteiger partial charge in [0.25, 0.3) is 0 Å². The predicted molar refractivity (Wildman–Crippen MR) is 95.7 cm³/mol. The van der Waals surface area contributed by atoms with Gasteiger partial charge in [0.2, 0.25) is 5.82 Å². The summed E-state index contributed by atoms with van der Waals surface area (Å²) in [6.45, 7) is 0. The number of aromatic nitrogens is 5. The molecule has 0 saturated carbocycles. The minimum absolute atomic E-state index is 0.0618. The number of pyridine rings is 2. The zero-order chi connectivity index (χ0) is 20.6. The van der Waals surface area contributed by atoms with Gasteiger partial charge >= 0.3 is 12.1 Å². The second kappa shape index (κ2) is 6.86. The highest BCUT2D eigenvalue weighted by Crippen LogP contribution is 2.30. The number of carbonyl (C=O) groups is 1. The summed E-state index contributed by atoms with van der Waals surface area (Å²) in [6.07, 6.45) is -0.441. The minimum atomic E-state index is -4.61. The smallest absolute Gasteiger partial charge is 0.433 e. The van der Waals surface area contributed by atoms with E-state index in [0.29, 0.717) is 5.52 Å². The number of anilines is 2. The van der Waals surface area contributed by atoms with Crippen LogP contribution < -0.4 is 5.32 Å². The van der Waals surface area contributed by atoms with Crippen LogP contribution in [0.25, 0.3) is 17.0 Å². The van der Waals surface area contributed by atoms with Crippen LogP contribution in [-0.2, 0) is 6.18 Å². The van der Waals surface area contributed by atoms with Crippen LogP contribution in [0.3, 0.4) is 0 Å². The molecule has 4 heterocycles. The van der Waals surface area contributed by atoms with Crippen LogP contribution in [0.4, 0.5) is 24.7 Å². The third kappa shape index (κ3) is 3.57. The molecule has 0 aromatic carbocycles. The van der Waals surface area contributed by atoms with E-state index < -0.39 is 17.8 Å². The van der Waals surface area contributed by atoms with Crippen molar-refractivity contribution in [1.29, 1.82) is 0 Å². The zero-order valence-electron chi connectivity index (χ0n) is 14.4. The Bertz CT molecular complexity index is 1220. The number of aromatic carboxylic acids is 1. The lowest BCUT2D eigenvalue weighted by Crippen LogP contribution is -2.10. The van der Waals surface area contributed by atoms with Crippen LogP contribution in [0.2, 0.25) is 0 Å². The van der Waals surface area contributed by atoms with Crippen molar-refractivity contribution in [2.75, 3.05) is 5.32 Å². The first kappa shape index (κ1) is 18.3. The summed E-state index contributed by atoms with van der Waals surface area (Å²) < 4.78 is 40.4. The maximum absolute atomic E-state index is 13.0. The molecule has 146 valence electrons. The summed E-state index contributed by atoms with van der Waals surface area (Å²) in [6, 6.07) is 8.22. The zero-order valence-corrected chi connectivity index (χ0v) is 14.4. The number of hydrogen-bond acceptors (Lipinski definition) is 6. The number of hydrogen-bond donors (Lipinski definition) is 2. The fourth-order valence-corrected chi connectivity index (χ4v) is 2.65. The van der Waals surface area contributed by atoms with Gasteiger partial charge < -0.3 is 10.4 Å². The number of halogens is 3. The van der Waals surface area contributed by atoms with Gasteiger partial charge in [0.05, 0.1) is 5.69 Å². The highest BCUT2D eigenvalue weighted by molar-refractivity contribution is 5.95. The van der Waals surface area contributed by atoms with Gasteiger partial charge in [0, 0.05) is 18.6 Å². The monoisotopic (exact) mass is 400 g/mol. The lowest BCUT2D eigenvalue weighted by Gasteiger charge is -2.12. The SMILES string of the molecule is O=C(O)c1cnccc1Nc1nc(-c2cccc(C(F)(F)F)n2)nn2cccc12. The maximum Gasteiger partial charge on any atom is 0.433 e. The van der Waals surface area contributed by atoms with Gasteiger partial charge in [-0.1, -0.05) is 6.07 Å². The van der Waals surface area contributed by atoms with Crippen molar-refractivity contribution in [3.05, 3.63) is 66.2 Å². The number of fused-ring (bicyclic) bond motifs is 1. The third-order valence-electron chi connectivity index (χ3n) is 3.96. The maximum atomic E-state index is 13.0. The number of carboxylic acid groups (broad SMARTS) is 1. The molecule has 8 nitrogen and oxygen atoms in total. The number of alkyl halides is 3. The number of nitrogens with one attached hydrogen (secondary N) is 1. The molecule has 0 atom stereocenters. The van der Waals surface area contributed by atoms with Gasteiger partial charge in [0.1, 0.15) is 22.5 Å². The first-order valence-electron chi connectivity index (χ1n) is 8.17. The quantitative estimate of drug-likeness (QED) is 0.539. The van der Waals surface area contributed by atoms with Crippen LogP contribution in [0.15, 0.2) is 55.0 Å². The van der Waals surface area contributed by atoms with Crippen LogP contribution in [0.1, 0.15) is 16.1 Å². The molecule has 0 unspecified atom stereocenters. The molecular formula is C18H11F3N6O2. The molecule has 0 aliphatic rings. The summed E-state index contributed by atoms with van der Waals surface area (Å²) in [7, 11) is 0. The van der Waals surface area contributed by atoms with Gasteiger partial charge in [-0.05, 0) is 30.3 Å². The van der Waals surface area contributed by atoms with Crippen molar-refractivity contribution in [3.8, 4) is 11.5 Å². The molecule has 29 heavy (non-hydrogen) atoms. The molecule has 0 radical (unpaired) electrons. The van der Waals surface area contributed by atoms with E-state index in [1.807, 2.05) is 0 Å². The molecule has 4 aromatic heterocycles. The average molecular weight is 400 g/mol. The molecular weight excluding hydrogens is 389 g/mol. The average Bonchev–Trinajstić information content (AvgIpc) is 3.17. The Kier molecular flexibility index (Phi) is 4.34. The van der Waals surface area contributed by atoms with Crippen LogP contribution in [0.5, 0.6) is 0 Å². The van der Waals surface area contributed by atoms with Gasteiger partial charge in [0.15, 0.2) is 5.82 Å². The van der Waals surface area contributed by atoms with E-state index in [0.717, 1.165) is 6.07 Å². The molecule has 0 spiro atoms. The molecule has 0 aliphatic carbocycles. The van der Waals surface area contributed by atoms with E-state index in [1.165, 1.54) is 35.1 Å². The molecule has 0 aliphatic heterocycles. The van der Waals surface area contributed by atoms with Crippen molar-refractivity contribution < 1.29 is 23.1 Å². The summed E-state index contributed by atoms with van der Waals surface area (Å²) in [5, 5.41) is 16.4. The summed E-state index contributed by atoms with van der Waals surface area (Å²) >= 11 is 0. The molecule has 4 aromatic rings. The number of rotatable bonds is 4. The predicted octanol–water partition coefficient (Wildman–Crippen LogP) is 3.65. The molecule has 0 amide bonds. The van der Waals surface area contributed by atoms with E-state index in [-0.39, 0.29) is 28.6 Å². The Balaban J connectivity index is 1.83. The second-order valence-corrected chi connectivity index (χ2v) is 5.88. The second-order valence-electron chi connectivity index (χ2n) is 5.88. The van der Waals surface area contributed by atoms with Gasteiger partial charge in [-0.15, -0.1) is 5.10 Å². The van der Waals surface area contributed by atoms with Crippen molar-refractivity contribution in [2.24, 2.45) is 0 Å². The van der Waals surface area contributed by atoms with Crippen LogP contribution in [-0.4, -0.2) is 35.6 Å². The van der Waals surface area contributed by atoms with Crippen LogP contribution >= 0.6 is 0 Å². The van der Waals surface area contributed by atoms with Gasteiger partial charge in [-0.2, -0.15) is 13.2 Å². The minimum Gasteiger partial charge on any atom is -0.478 e. The summed E-state index contributed by atoms with van der Waals surface area (Å²) in [5.74, 6) is -1.05. The van der Waals surface area contributed by atoms with E-state index >= 15 is 0 Å². The van der Waals surface area contributed by atoms with E-state index in [2.05, 4.69) is 25.4 Å². The lowest BCUT2D eigenvalue weighted by molar-refractivity contribution is -0.141. The molecule has 0 fully saturated rings. The number of carboxylic acids is 1. The topological polar surface area (TPSA) is 105 Å². The first-order chi connectivity index (χ1) is 13.8. The standard InChI is InChI=1S/C18H11F3N6O2/c19-18(20,21)14-5-1-3-12(23-14)15-25-16(13-4-2-8-27(13)26-15)24-11-6-7-22-9-10(11)17(28)29/h1-9H,(H,28,29)(H,22,24,25,26). The molecule has 0 bridgehead atoms. The summed E-state index contributed by atoms with van der Waals surface area (Å²) in [5.41, 5.74) is -0.518. The van der Waals surface area contributed by atoms with Crippen molar-refractivity contribution in [2.45, 2.75) is 6.18 Å². The van der Waals surface area contributed by atoms with E-state index in [9.17, 15) is 23.1 Å². The molecule has 2 N–H and O–H groups in total.